The van der Waals surface area contributed by atoms with Gasteiger partial charge in [-0.2, -0.15) is 5.26 Å². The molecule has 26 heavy (non-hydrogen) atoms. The zero-order valence-electron chi connectivity index (χ0n) is 13.9. The Morgan fingerprint density at radius 2 is 2.04 bits per heavy atom. The number of ether oxygens (including phenoxy) is 1. The lowest BCUT2D eigenvalue weighted by Gasteiger charge is -2.25. The summed E-state index contributed by atoms with van der Waals surface area (Å²) < 4.78 is 18.0. The van der Waals surface area contributed by atoms with Crippen molar-refractivity contribution in [1.82, 2.24) is 4.57 Å². The molecule has 0 unspecified atom stereocenters. The third-order valence-corrected chi connectivity index (χ3v) is 4.41. The third-order valence-electron chi connectivity index (χ3n) is 4.41. The van der Waals surface area contributed by atoms with E-state index >= 15 is 0 Å². The third kappa shape index (κ3) is 2.40. The highest BCUT2D eigenvalue weighted by atomic mass is 16.5. The minimum atomic E-state index is -0.713. The van der Waals surface area contributed by atoms with Crippen LogP contribution in [0.3, 0.4) is 0 Å². The Labute approximate surface area is 148 Å². The first-order valence-electron chi connectivity index (χ1n) is 7.98. The highest BCUT2D eigenvalue weighted by molar-refractivity contribution is 5.53. The predicted molar refractivity (Wildman–Crippen MR) is 91.3 cm³/mol. The summed E-state index contributed by atoms with van der Waals surface area (Å²) in [6.45, 7) is 2.08. The van der Waals surface area contributed by atoms with Crippen molar-refractivity contribution in [3.05, 3.63) is 87.4 Å². The van der Waals surface area contributed by atoms with Crippen molar-refractivity contribution < 1.29 is 13.6 Å². The lowest BCUT2D eigenvalue weighted by Crippen LogP contribution is -2.32. The lowest BCUT2D eigenvalue weighted by molar-refractivity contribution is 0.378. The molecular formula is C19H15N3O4. The fraction of sp³-hybridized carbons (Fsp3) is 0.158. The normalized spacial score (nSPS) is 16.1. The molecule has 130 valence electrons. The van der Waals surface area contributed by atoms with E-state index in [1.54, 1.807) is 48.1 Å². The van der Waals surface area contributed by atoms with Crippen LogP contribution in [0.5, 0.6) is 5.75 Å². The van der Waals surface area contributed by atoms with E-state index in [0.29, 0.717) is 28.5 Å². The van der Waals surface area contributed by atoms with Gasteiger partial charge in [0.2, 0.25) is 5.88 Å². The van der Waals surface area contributed by atoms with Gasteiger partial charge >= 0.3 is 0 Å². The number of allylic oxidation sites excluding steroid dienone is 1. The molecule has 7 nitrogen and oxygen atoms in total. The number of aryl methyl sites for hydroxylation is 1. The van der Waals surface area contributed by atoms with Crippen molar-refractivity contribution in [1.29, 1.82) is 5.26 Å². The second-order valence-corrected chi connectivity index (χ2v) is 5.97. The van der Waals surface area contributed by atoms with Crippen LogP contribution in [0.1, 0.15) is 28.7 Å². The summed E-state index contributed by atoms with van der Waals surface area (Å²) in [5, 5.41) is 9.55. The summed E-state index contributed by atoms with van der Waals surface area (Å²) in [7, 11) is 0. The van der Waals surface area contributed by atoms with Gasteiger partial charge in [-0.05, 0) is 31.2 Å². The minimum Gasteiger partial charge on any atom is -0.468 e. The second kappa shape index (κ2) is 6.01. The molecule has 3 aromatic heterocycles. The van der Waals surface area contributed by atoms with Crippen LogP contribution in [0.4, 0.5) is 0 Å². The molecule has 2 N–H and O–H groups in total. The van der Waals surface area contributed by atoms with E-state index in [4.69, 9.17) is 19.3 Å². The molecule has 0 saturated heterocycles. The first kappa shape index (κ1) is 15.8. The number of rotatable bonds is 3. The molecule has 4 rings (SSSR count). The first-order chi connectivity index (χ1) is 12.6. The number of furan rings is 2. The molecule has 0 aliphatic carbocycles. The topological polar surface area (TPSA) is 107 Å². The van der Waals surface area contributed by atoms with E-state index < -0.39 is 5.92 Å². The van der Waals surface area contributed by atoms with Gasteiger partial charge in [-0.1, -0.05) is 0 Å². The summed E-state index contributed by atoms with van der Waals surface area (Å²) in [5.41, 5.74) is 6.80. The molecule has 1 aliphatic heterocycles. The molecular weight excluding hydrogens is 334 g/mol. The fourth-order valence-corrected chi connectivity index (χ4v) is 3.18. The van der Waals surface area contributed by atoms with E-state index in [2.05, 4.69) is 0 Å². The number of nitrogens with two attached hydrogens (primary N) is 1. The number of fused-ring (bicyclic) bond motifs is 1. The first-order valence-corrected chi connectivity index (χ1v) is 7.98. The maximum Gasteiger partial charge on any atom is 0.259 e. The van der Waals surface area contributed by atoms with Crippen LogP contribution < -0.4 is 16.0 Å². The molecule has 0 aromatic carbocycles. The van der Waals surface area contributed by atoms with Crippen LogP contribution in [-0.4, -0.2) is 4.57 Å². The average Bonchev–Trinajstić information content (AvgIpc) is 3.31. The van der Waals surface area contributed by atoms with Crippen molar-refractivity contribution in [2.45, 2.75) is 19.4 Å². The van der Waals surface area contributed by atoms with Crippen molar-refractivity contribution >= 4 is 0 Å². The van der Waals surface area contributed by atoms with Crippen LogP contribution in [0.25, 0.3) is 0 Å². The van der Waals surface area contributed by atoms with Crippen LogP contribution in [0.2, 0.25) is 0 Å². The molecule has 0 saturated carbocycles. The van der Waals surface area contributed by atoms with Crippen molar-refractivity contribution in [2.75, 3.05) is 0 Å². The summed E-state index contributed by atoms with van der Waals surface area (Å²) in [4.78, 5) is 13.3. The summed E-state index contributed by atoms with van der Waals surface area (Å²) in [5.74, 6) is 0.705. The Bertz CT molecular complexity index is 1080. The number of aromatic nitrogens is 1. The average molecular weight is 349 g/mol. The molecule has 7 heteroatoms. The van der Waals surface area contributed by atoms with E-state index in [-0.39, 0.29) is 23.6 Å². The summed E-state index contributed by atoms with van der Waals surface area (Å²) in [6, 6.07) is 10.7. The highest BCUT2D eigenvalue weighted by Gasteiger charge is 2.36. The number of hydrogen-bond acceptors (Lipinski definition) is 6. The Morgan fingerprint density at radius 3 is 2.69 bits per heavy atom. The zero-order chi connectivity index (χ0) is 18.3. The van der Waals surface area contributed by atoms with E-state index in [9.17, 15) is 10.1 Å². The highest BCUT2D eigenvalue weighted by Crippen LogP contribution is 2.40. The molecule has 1 aliphatic rings. The van der Waals surface area contributed by atoms with Crippen LogP contribution in [0.15, 0.2) is 67.9 Å². The van der Waals surface area contributed by atoms with Gasteiger partial charge in [0, 0.05) is 11.8 Å². The van der Waals surface area contributed by atoms with Crippen molar-refractivity contribution in [2.24, 2.45) is 5.73 Å². The van der Waals surface area contributed by atoms with E-state index in [1.165, 1.54) is 6.26 Å². The largest absolute Gasteiger partial charge is 0.468 e. The van der Waals surface area contributed by atoms with Gasteiger partial charge in [0.1, 0.15) is 28.9 Å². The molecule has 1 atom stereocenters. The summed E-state index contributed by atoms with van der Waals surface area (Å²) in [6.07, 6.45) is 3.05. The van der Waals surface area contributed by atoms with Crippen molar-refractivity contribution in [3.8, 4) is 11.8 Å². The molecule has 0 radical (unpaired) electrons. The molecule has 0 fully saturated rings. The number of hydrogen-bond donors (Lipinski definition) is 1. The lowest BCUT2D eigenvalue weighted by atomic mass is 9.88. The molecule has 0 amide bonds. The summed E-state index contributed by atoms with van der Waals surface area (Å²) >= 11 is 0. The van der Waals surface area contributed by atoms with Crippen molar-refractivity contribution in [3.63, 3.8) is 0 Å². The van der Waals surface area contributed by atoms with Crippen LogP contribution >= 0.6 is 0 Å². The van der Waals surface area contributed by atoms with E-state index in [1.807, 2.05) is 6.07 Å². The van der Waals surface area contributed by atoms with Gasteiger partial charge in [-0.25, -0.2) is 0 Å². The zero-order valence-corrected chi connectivity index (χ0v) is 13.9. The van der Waals surface area contributed by atoms with Gasteiger partial charge in [0.15, 0.2) is 0 Å². The maximum atomic E-state index is 13.3. The number of nitriles is 1. The molecule has 3 aromatic rings. The maximum absolute atomic E-state index is 13.3. The molecule has 4 heterocycles. The molecule has 0 bridgehead atoms. The molecule has 0 spiro atoms. The number of nitrogens with zero attached hydrogens (tertiary/aromatic N) is 2. The van der Waals surface area contributed by atoms with Gasteiger partial charge in [0.05, 0.1) is 30.6 Å². The quantitative estimate of drug-likeness (QED) is 0.779. The smallest absolute Gasteiger partial charge is 0.259 e. The second-order valence-electron chi connectivity index (χ2n) is 5.97. The van der Waals surface area contributed by atoms with E-state index in [0.717, 1.165) is 0 Å². The SMILES string of the molecule is Cc1cc2c(c(=O)n1Cc1ccco1)[C@H](c1ccco1)C(C#N)=C(N)O2. The van der Waals surface area contributed by atoms with Gasteiger partial charge in [0.25, 0.3) is 5.56 Å². The Morgan fingerprint density at radius 1 is 1.27 bits per heavy atom. The van der Waals surface area contributed by atoms with Gasteiger partial charge < -0.3 is 23.9 Å². The van der Waals surface area contributed by atoms with Gasteiger partial charge in [-0.15, -0.1) is 0 Å². The van der Waals surface area contributed by atoms with Gasteiger partial charge in [-0.3, -0.25) is 4.79 Å². The Hall–Kier alpha value is -3.66. The van der Waals surface area contributed by atoms with Crippen LogP contribution in [-0.2, 0) is 6.54 Å². The fourth-order valence-electron chi connectivity index (χ4n) is 3.18. The Kier molecular flexibility index (Phi) is 3.66. The minimum absolute atomic E-state index is 0.0241. The predicted octanol–water partition coefficient (Wildman–Crippen LogP) is 2.61. The Balaban J connectivity index is 1.94. The van der Waals surface area contributed by atoms with Crippen LogP contribution in [0, 0.1) is 18.3 Å². The standard InChI is InChI=1S/C19H15N3O4/c1-11-8-15-17(19(23)22(11)10-12-4-2-6-24-12)16(14-5-3-7-25-14)13(9-20)18(21)26-15/h2-8,16H,10,21H2,1H3/t16-/m0/s1. The monoisotopic (exact) mass is 349 g/mol. The number of pyridine rings is 1.